The Balaban J connectivity index is 1.53. The van der Waals surface area contributed by atoms with Gasteiger partial charge in [-0.2, -0.15) is 4.58 Å². The normalized spacial score (nSPS) is 19.5. The zero-order chi connectivity index (χ0) is 31.0. The van der Waals surface area contributed by atoms with E-state index in [1.54, 1.807) is 7.11 Å². The molecule has 9 heteroatoms. The first-order valence-electron chi connectivity index (χ1n) is 15.9. The molecular formula is C35H51N2O7+. The first kappa shape index (κ1) is 34.1. The average Bonchev–Trinajstić information content (AvgIpc) is 3.25. The maximum Gasteiger partial charge on any atom is 0.209 e. The van der Waals surface area contributed by atoms with Crippen molar-refractivity contribution in [2.75, 3.05) is 111 Å². The van der Waals surface area contributed by atoms with Crippen LogP contribution in [-0.2, 0) is 33.8 Å². The van der Waals surface area contributed by atoms with Crippen molar-refractivity contribution in [3.05, 3.63) is 59.7 Å². The van der Waals surface area contributed by atoms with Crippen molar-refractivity contribution in [1.82, 2.24) is 0 Å². The van der Waals surface area contributed by atoms with E-state index in [9.17, 15) is 0 Å². The fourth-order valence-electron chi connectivity index (χ4n) is 5.59. The number of nitrogens with zero attached hydrogens (tertiary/aromatic N) is 2. The lowest BCUT2D eigenvalue weighted by atomic mass is 9.81. The molecule has 2 aliphatic rings. The van der Waals surface area contributed by atoms with Crippen molar-refractivity contribution in [2.45, 2.75) is 26.2 Å². The predicted octanol–water partition coefficient (Wildman–Crippen LogP) is 4.72. The number of benzene rings is 2. The van der Waals surface area contributed by atoms with Crippen molar-refractivity contribution in [1.29, 1.82) is 0 Å². The summed E-state index contributed by atoms with van der Waals surface area (Å²) in [5.41, 5.74) is 5.92. The highest BCUT2D eigenvalue weighted by molar-refractivity contribution is 6.05. The standard InChI is InChI=1S/C35H51N2O7/c1-5-37-31-9-7-6-8-30(31)35(2,3)34(37)13-11-29-10-12-32(33(28-29)44-27-18-38-4)36-14-16-39-19-21-41-23-25-43-26-24-42-22-20-40-17-15-36/h6-13,28H,5,14-27H2,1-4H3/q+1. The number of hydrogen-bond donors (Lipinski definition) is 0. The molecule has 0 amide bonds. The van der Waals surface area contributed by atoms with E-state index in [4.69, 9.17) is 33.2 Å². The molecule has 2 aliphatic heterocycles. The van der Waals surface area contributed by atoms with E-state index in [0.717, 1.165) is 23.5 Å². The molecule has 2 aromatic rings. The number of anilines is 1. The van der Waals surface area contributed by atoms with E-state index >= 15 is 0 Å². The molecule has 1 fully saturated rings. The van der Waals surface area contributed by atoms with Gasteiger partial charge in [0.15, 0.2) is 5.71 Å². The lowest BCUT2D eigenvalue weighted by Gasteiger charge is -2.27. The van der Waals surface area contributed by atoms with Crippen molar-refractivity contribution in [3.8, 4) is 5.75 Å². The molecule has 0 aliphatic carbocycles. The highest BCUT2D eigenvalue weighted by Gasteiger charge is 2.43. The van der Waals surface area contributed by atoms with Crippen molar-refractivity contribution < 1.29 is 37.7 Å². The van der Waals surface area contributed by atoms with E-state index in [0.29, 0.717) is 92.4 Å². The van der Waals surface area contributed by atoms with Gasteiger partial charge in [-0.05, 0) is 44.5 Å². The SMILES string of the molecule is CC[N+]1=C(/C=C/c2ccc(N3CCOCCOCCOCCOCCOCC3)c(OCCOC)c2)C(C)(C)c2ccccc21. The third-order valence-electron chi connectivity index (χ3n) is 7.92. The minimum atomic E-state index is -0.0849. The zero-order valence-corrected chi connectivity index (χ0v) is 27.1. The second-order valence-corrected chi connectivity index (χ2v) is 11.2. The number of fused-ring (bicyclic) bond motifs is 1. The van der Waals surface area contributed by atoms with Crippen LogP contribution in [0.3, 0.4) is 0 Å². The summed E-state index contributed by atoms with van der Waals surface area (Å²) in [7, 11) is 1.69. The van der Waals surface area contributed by atoms with E-state index in [-0.39, 0.29) is 5.41 Å². The first-order chi connectivity index (χ1) is 21.6. The van der Waals surface area contributed by atoms with Gasteiger partial charge in [-0.1, -0.05) is 24.3 Å². The lowest BCUT2D eigenvalue weighted by Crippen LogP contribution is -2.32. The third kappa shape index (κ3) is 9.60. The van der Waals surface area contributed by atoms with Gasteiger partial charge in [0.25, 0.3) is 0 Å². The van der Waals surface area contributed by atoms with Gasteiger partial charge in [-0.3, -0.25) is 0 Å². The van der Waals surface area contributed by atoms with E-state index in [1.807, 2.05) is 0 Å². The molecular weight excluding hydrogens is 560 g/mol. The molecule has 1 saturated heterocycles. The van der Waals surface area contributed by atoms with Gasteiger partial charge < -0.3 is 38.1 Å². The summed E-state index contributed by atoms with van der Waals surface area (Å²) in [6, 6.07) is 15.1. The van der Waals surface area contributed by atoms with Crippen molar-refractivity contribution >= 4 is 23.2 Å². The molecule has 0 radical (unpaired) electrons. The van der Waals surface area contributed by atoms with Crippen LogP contribution in [0.15, 0.2) is 48.5 Å². The molecule has 44 heavy (non-hydrogen) atoms. The summed E-state index contributed by atoms with van der Waals surface area (Å²) in [6.07, 6.45) is 4.45. The maximum atomic E-state index is 6.29. The largest absolute Gasteiger partial charge is 0.489 e. The summed E-state index contributed by atoms with van der Waals surface area (Å²) in [4.78, 5) is 2.26. The van der Waals surface area contributed by atoms with Crippen LogP contribution < -0.4 is 9.64 Å². The number of allylic oxidation sites excluding steroid dienone is 1. The van der Waals surface area contributed by atoms with Crippen LogP contribution in [0.25, 0.3) is 6.08 Å². The van der Waals surface area contributed by atoms with Gasteiger partial charge in [-0.25, -0.2) is 0 Å². The summed E-state index contributed by atoms with van der Waals surface area (Å²) in [5.74, 6) is 0.810. The summed E-state index contributed by atoms with van der Waals surface area (Å²) in [5, 5.41) is 0. The monoisotopic (exact) mass is 611 g/mol. The van der Waals surface area contributed by atoms with Gasteiger partial charge in [0.1, 0.15) is 18.9 Å². The minimum absolute atomic E-state index is 0.0849. The molecule has 0 unspecified atom stereocenters. The van der Waals surface area contributed by atoms with Crippen LogP contribution in [0, 0.1) is 0 Å². The molecule has 4 rings (SSSR count). The quantitative estimate of drug-likeness (QED) is 0.314. The van der Waals surface area contributed by atoms with Gasteiger partial charge in [0.2, 0.25) is 5.69 Å². The fourth-order valence-corrected chi connectivity index (χ4v) is 5.59. The molecule has 2 aromatic carbocycles. The number of hydrogen-bond acceptors (Lipinski definition) is 8. The summed E-state index contributed by atoms with van der Waals surface area (Å²) in [6.45, 7) is 15.5. The summed E-state index contributed by atoms with van der Waals surface area (Å²) < 4.78 is 42.5. The Labute approximate surface area is 263 Å². The van der Waals surface area contributed by atoms with Crippen LogP contribution in [0.2, 0.25) is 0 Å². The van der Waals surface area contributed by atoms with Crippen molar-refractivity contribution in [3.63, 3.8) is 0 Å². The highest BCUT2D eigenvalue weighted by Crippen LogP contribution is 2.40. The number of ether oxygens (including phenoxy) is 7. The predicted molar refractivity (Wildman–Crippen MR) is 174 cm³/mol. The summed E-state index contributed by atoms with van der Waals surface area (Å²) >= 11 is 0. The average molecular weight is 612 g/mol. The van der Waals surface area contributed by atoms with E-state index in [2.05, 4.69) is 84.9 Å². The molecule has 0 aromatic heterocycles. The molecule has 0 N–H and O–H groups in total. The molecule has 0 saturated carbocycles. The minimum Gasteiger partial charge on any atom is -0.489 e. The Kier molecular flexibility index (Phi) is 14.1. The van der Waals surface area contributed by atoms with Crippen LogP contribution >= 0.6 is 0 Å². The Hall–Kier alpha value is -2.79. The Morgan fingerprint density at radius 3 is 1.95 bits per heavy atom. The number of para-hydroxylation sites is 1. The van der Waals surface area contributed by atoms with Gasteiger partial charge in [-0.15, -0.1) is 0 Å². The number of rotatable bonds is 8. The van der Waals surface area contributed by atoms with E-state index in [1.165, 1.54) is 17.0 Å². The van der Waals surface area contributed by atoms with Crippen LogP contribution in [0.5, 0.6) is 5.75 Å². The van der Waals surface area contributed by atoms with Crippen LogP contribution in [0.4, 0.5) is 11.4 Å². The zero-order valence-electron chi connectivity index (χ0n) is 27.1. The molecule has 0 bridgehead atoms. The Bertz CT molecular complexity index is 1200. The molecule has 242 valence electrons. The Morgan fingerprint density at radius 1 is 0.773 bits per heavy atom. The third-order valence-corrected chi connectivity index (χ3v) is 7.92. The van der Waals surface area contributed by atoms with Gasteiger partial charge in [0, 0.05) is 37.9 Å². The second kappa shape index (κ2) is 18.2. The smallest absolute Gasteiger partial charge is 0.209 e. The maximum absolute atomic E-state index is 6.29. The number of methoxy groups -OCH3 is 1. The fraction of sp³-hybridized carbons (Fsp3) is 0.571. The van der Waals surface area contributed by atoms with Crippen LogP contribution in [-0.4, -0.2) is 116 Å². The molecule has 2 heterocycles. The topological polar surface area (TPSA) is 70.9 Å². The highest BCUT2D eigenvalue weighted by atomic mass is 16.6. The first-order valence-corrected chi connectivity index (χ1v) is 15.9. The van der Waals surface area contributed by atoms with E-state index < -0.39 is 0 Å². The van der Waals surface area contributed by atoms with Crippen molar-refractivity contribution in [2.24, 2.45) is 0 Å². The molecule has 0 atom stereocenters. The molecule has 0 spiro atoms. The van der Waals surface area contributed by atoms with Gasteiger partial charge >= 0.3 is 0 Å². The molecule has 9 nitrogen and oxygen atoms in total. The Morgan fingerprint density at radius 2 is 1.36 bits per heavy atom. The second-order valence-electron chi connectivity index (χ2n) is 11.2. The van der Waals surface area contributed by atoms with Crippen LogP contribution in [0.1, 0.15) is 31.9 Å². The van der Waals surface area contributed by atoms with Gasteiger partial charge in [0.05, 0.1) is 83.8 Å². The lowest BCUT2D eigenvalue weighted by molar-refractivity contribution is -0.433.